The molecule has 2 aromatic heterocycles. The van der Waals surface area contributed by atoms with Gasteiger partial charge in [-0.2, -0.15) is 0 Å². The second-order valence-electron chi connectivity index (χ2n) is 7.28. The molecule has 0 bridgehead atoms. The number of amides is 1. The molecular weight excluding hydrogens is 380 g/mol. The smallest absolute Gasteiger partial charge is 0.339 e. The monoisotopic (exact) mass is 404 g/mol. The zero-order chi connectivity index (χ0) is 21.1. The van der Waals surface area contributed by atoms with Crippen LogP contribution < -0.4 is 5.32 Å². The van der Waals surface area contributed by atoms with Crippen molar-refractivity contribution in [2.75, 3.05) is 11.9 Å². The van der Waals surface area contributed by atoms with Gasteiger partial charge in [-0.25, -0.2) is 14.8 Å². The Balaban J connectivity index is 1.51. The van der Waals surface area contributed by atoms with Gasteiger partial charge in [-0.3, -0.25) is 4.79 Å². The highest BCUT2D eigenvalue weighted by atomic mass is 16.5. The first-order valence-electron chi connectivity index (χ1n) is 10.2. The zero-order valence-corrected chi connectivity index (χ0v) is 17.1. The number of hydrogen-bond donors (Lipinski definition) is 1. The zero-order valence-electron chi connectivity index (χ0n) is 17.1. The van der Waals surface area contributed by atoms with Gasteiger partial charge in [-0.15, -0.1) is 0 Å². The lowest BCUT2D eigenvalue weighted by Crippen LogP contribution is -2.16. The standard InChI is InChI=1S/C23H24N4O3/c1-3-30-23(29)18-10-11-19(24-15(18)2)22(28)25-17-8-6-7-16(13-17)20-14-27-12-5-4-9-21(27)26-20/h6-8,10-11,13-14H,3-5,9,12H2,1-2H3,(H,25,28). The molecule has 3 aromatic rings. The van der Waals surface area contributed by atoms with E-state index in [1.165, 1.54) is 18.9 Å². The SMILES string of the molecule is CCOC(=O)c1ccc(C(=O)Nc2cccc(-c3cn4c(n3)CCCC4)c2)nc1C. The van der Waals surface area contributed by atoms with E-state index in [2.05, 4.69) is 21.1 Å². The minimum absolute atomic E-state index is 0.239. The van der Waals surface area contributed by atoms with Crippen LogP contribution in [0.1, 0.15) is 52.1 Å². The topological polar surface area (TPSA) is 86.1 Å². The van der Waals surface area contributed by atoms with E-state index in [-0.39, 0.29) is 18.2 Å². The Hall–Kier alpha value is -3.48. The number of hydrogen-bond acceptors (Lipinski definition) is 5. The predicted octanol–water partition coefficient (Wildman–Crippen LogP) is 4.02. The summed E-state index contributed by atoms with van der Waals surface area (Å²) in [6.45, 7) is 4.72. The number of pyridine rings is 1. The number of rotatable bonds is 5. The van der Waals surface area contributed by atoms with E-state index in [1.54, 1.807) is 19.9 Å². The van der Waals surface area contributed by atoms with Gasteiger partial charge in [0.25, 0.3) is 5.91 Å². The lowest BCUT2D eigenvalue weighted by molar-refractivity contribution is 0.0524. The number of carbonyl (C=O) groups excluding carboxylic acids is 2. The van der Waals surface area contributed by atoms with Crippen LogP contribution in [-0.2, 0) is 17.7 Å². The molecule has 3 heterocycles. The van der Waals surface area contributed by atoms with Crippen molar-refractivity contribution < 1.29 is 14.3 Å². The van der Waals surface area contributed by atoms with Gasteiger partial charge >= 0.3 is 5.97 Å². The molecule has 0 saturated heterocycles. The van der Waals surface area contributed by atoms with Crippen molar-refractivity contribution >= 4 is 17.6 Å². The average molecular weight is 404 g/mol. The summed E-state index contributed by atoms with van der Waals surface area (Å²) in [6, 6.07) is 10.7. The van der Waals surface area contributed by atoms with Gasteiger partial charge in [0.2, 0.25) is 0 Å². The van der Waals surface area contributed by atoms with Gasteiger partial charge in [0, 0.05) is 30.4 Å². The number of nitrogens with one attached hydrogen (secondary N) is 1. The molecule has 0 aliphatic carbocycles. The van der Waals surface area contributed by atoms with Crippen LogP contribution >= 0.6 is 0 Å². The molecule has 1 N–H and O–H groups in total. The molecule has 0 atom stereocenters. The summed E-state index contributed by atoms with van der Waals surface area (Å²) >= 11 is 0. The highest BCUT2D eigenvalue weighted by molar-refractivity contribution is 6.03. The number of esters is 1. The van der Waals surface area contributed by atoms with Gasteiger partial charge in [0.1, 0.15) is 11.5 Å². The number of anilines is 1. The summed E-state index contributed by atoms with van der Waals surface area (Å²) in [4.78, 5) is 33.6. The first kappa shape index (κ1) is 19.8. The number of ether oxygens (including phenoxy) is 1. The lowest BCUT2D eigenvalue weighted by Gasteiger charge is -2.11. The Morgan fingerprint density at radius 3 is 2.80 bits per heavy atom. The third kappa shape index (κ3) is 4.10. The summed E-state index contributed by atoms with van der Waals surface area (Å²) in [7, 11) is 0. The molecule has 1 aliphatic rings. The molecule has 0 saturated carbocycles. The number of aromatic nitrogens is 3. The second-order valence-corrected chi connectivity index (χ2v) is 7.28. The summed E-state index contributed by atoms with van der Waals surface area (Å²) in [6.07, 6.45) is 5.44. The fourth-order valence-corrected chi connectivity index (χ4v) is 3.62. The Labute approximate surface area is 175 Å². The van der Waals surface area contributed by atoms with Gasteiger partial charge in [-0.1, -0.05) is 12.1 Å². The van der Waals surface area contributed by atoms with Crippen LogP contribution in [0.3, 0.4) is 0 Å². The van der Waals surface area contributed by atoms with E-state index < -0.39 is 5.97 Å². The van der Waals surface area contributed by atoms with E-state index in [9.17, 15) is 9.59 Å². The molecule has 1 aromatic carbocycles. The van der Waals surface area contributed by atoms with E-state index in [4.69, 9.17) is 9.72 Å². The number of benzene rings is 1. The van der Waals surface area contributed by atoms with E-state index in [0.717, 1.165) is 30.0 Å². The summed E-state index contributed by atoms with van der Waals surface area (Å²) in [5.74, 6) is 0.340. The van der Waals surface area contributed by atoms with Crippen molar-refractivity contribution in [3.63, 3.8) is 0 Å². The van der Waals surface area contributed by atoms with Crippen LogP contribution in [0.2, 0.25) is 0 Å². The first-order chi connectivity index (χ1) is 14.5. The minimum atomic E-state index is -0.440. The van der Waals surface area contributed by atoms with E-state index in [1.807, 2.05) is 24.3 Å². The molecular formula is C23H24N4O3. The van der Waals surface area contributed by atoms with Crippen LogP contribution in [0, 0.1) is 6.92 Å². The predicted molar refractivity (Wildman–Crippen MR) is 113 cm³/mol. The third-order valence-electron chi connectivity index (χ3n) is 5.14. The Morgan fingerprint density at radius 1 is 1.17 bits per heavy atom. The van der Waals surface area contributed by atoms with Crippen molar-refractivity contribution in [1.82, 2.24) is 14.5 Å². The van der Waals surface area contributed by atoms with Crippen LogP contribution in [-0.4, -0.2) is 33.0 Å². The van der Waals surface area contributed by atoms with Gasteiger partial charge < -0.3 is 14.6 Å². The van der Waals surface area contributed by atoms with Crippen molar-refractivity contribution in [3.8, 4) is 11.3 Å². The van der Waals surface area contributed by atoms with Crippen LogP contribution in [0.15, 0.2) is 42.6 Å². The normalized spacial score (nSPS) is 12.9. The molecule has 0 fully saturated rings. The highest BCUT2D eigenvalue weighted by Gasteiger charge is 2.16. The maximum atomic E-state index is 12.7. The van der Waals surface area contributed by atoms with E-state index in [0.29, 0.717) is 16.9 Å². The van der Waals surface area contributed by atoms with Gasteiger partial charge in [0.05, 0.1) is 23.6 Å². The molecule has 154 valence electrons. The third-order valence-corrected chi connectivity index (χ3v) is 5.14. The lowest BCUT2D eigenvalue weighted by atomic mass is 10.1. The first-order valence-corrected chi connectivity index (χ1v) is 10.2. The van der Waals surface area contributed by atoms with Crippen molar-refractivity contribution in [2.24, 2.45) is 0 Å². The quantitative estimate of drug-likeness (QED) is 0.649. The number of nitrogens with zero attached hydrogens (tertiary/aromatic N) is 3. The molecule has 4 rings (SSSR count). The minimum Gasteiger partial charge on any atom is -0.462 e. The van der Waals surface area contributed by atoms with Crippen LogP contribution in [0.25, 0.3) is 11.3 Å². The van der Waals surface area contributed by atoms with Crippen molar-refractivity contribution in [2.45, 2.75) is 39.7 Å². The summed E-state index contributed by atoms with van der Waals surface area (Å²) in [5.41, 5.74) is 3.59. The Kier molecular flexibility index (Phi) is 5.61. The molecule has 1 aliphatic heterocycles. The maximum absolute atomic E-state index is 12.7. The highest BCUT2D eigenvalue weighted by Crippen LogP contribution is 2.25. The molecule has 0 radical (unpaired) electrons. The number of carbonyl (C=O) groups is 2. The number of fused-ring (bicyclic) bond motifs is 1. The molecule has 0 unspecified atom stereocenters. The molecule has 7 heteroatoms. The number of aryl methyl sites for hydroxylation is 3. The summed E-state index contributed by atoms with van der Waals surface area (Å²) in [5, 5.41) is 2.88. The fourth-order valence-electron chi connectivity index (χ4n) is 3.62. The molecule has 1 amide bonds. The molecule has 7 nitrogen and oxygen atoms in total. The largest absolute Gasteiger partial charge is 0.462 e. The van der Waals surface area contributed by atoms with Gasteiger partial charge in [-0.05, 0) is 51.0 Å². The van der Waals surface area contributed by atoms with Gasteiger partial charge in [0.15, 0.2) is 0 Å². The van der Waals surface area contributed by atoms with Crippen molar-refractivity contribution in [1.29, 1.82) is 0 Å². The second kappa shape index (κ2) is 8.49. The fraction of sp³-hybridized carbons (Fsp3) is 0.304. The maximum Gasteiger partial charge on any atom is 0.339 e. The van der Waals surface area contributed by atoms with Crippen LogP contribution in [0.5, 0.6) is 0 Å². The summed E-state index contributed by atoms with van der Waals surface area (Å²) < 4.78 is 7.21. The molecule has 0 spiro atoms. The average Bonchev–Trinajstić information content (AvgIpc) is 3.18. The number of imidazole rings is 1. The Bertz CT molecular complexity index is 1080. The Morgan fingerprint density at radius 2 is 2.03 bits per heavy atom. The van der Waals surface area contributed by atoms with Crippen molar-refractivity contribution in [3.05, 3.63) is 65.4 Å². The van der Waals surface area contributed by atoms with E-state index >= 15 is 0 Å². The molecule has 30 heavy (non-hydrogen) atoms. The van der Waals surface area contributed by atoms with Crippen LogP contribution in [0.4, 0.5) is 5.69 Å².